The number of aromatic nitrogens is 3. The van der Waals surface area contributed by atoms with Gasteiger partial charge in [-0.05, 0) is 19.1 Å². The highest BCUT2D eigenvalue weighted by atomic mass is 79.9. The third kappa shape index (κ3) is 2.06. The second-order valence-corrected chi connectivity index (χ2v) is 4.37. The van der Waals surface area contributed by atoms with Crippen molar-refractivity contribution in [1.29, 1.82) is 0 Å². The second-order valence-electron chi connectivity index (χ2n) is 3.45. The van der Waals surface area contributed by atoms with E-state index in [2.05, 4.69) is 26.2 Å². The lowest BCUT2D eigenvalue weighted by atomic mass is 10.2. The zero-order chi connectivity index (χ0) is 11.7. The van der Waals surface area contributed by atoms with E-state index in [-0.39, 0.29) is 5.82 Å². The Bertz CT molecular complexity index is 524. The maximum absolute atomic E-state index is 13.6. The number of hydrogen-bond donors (Lipinski definition) is 1. The summed E-state index contributed by atoms with van der Waals surface area (Å²) in [6.07, 6.45) is 0. The van der Waals surface area contributed by atoms with Crippen LogP contribution in [-0.4, -0.2) is 15.0 Å². The Morgan fingerprint density at radius 2 is 2.25 bits per heavy atom. The van der Waals surface area contributed by atoms with Crippen LogP contribution < -0.4 is 5.73 Å². The summed E-state index contributed by atoms with van der Waals surface area (Å²) >= 11 is 3.21. The predicted molar refractivity (Wildman–Crippen MR) is 62.4 cm³/mol. The number of hydrogen-bond acceptors (Lipinski definition) is 3. The van der Waals surface area contributed by atoms with Crippen molar-refractivity contribution in [1.82, 2.24) is 15.0 Å². The molecule has 0 fully saturated rings. The molecule has 1 heterocycles. The van der Waals surface area contributed by atoms with Crippen molar-refractivity contribution >= 4 is 21.7 Å². The zero-order valence-corrected chi connectivity index (χ0v) is 10.2. The van der Waals surface area contributed by atoms with Crippen molar-refractivity contribution in [2.24, 2.45) is 0 Å². The van der Waals surface area contributed by atoms with Gasteiger partial charge in [-0.1, -0.05) is 27.2 Å². The summed E-state index contributed by atoms with van der Waals surface area (Å²) in [4.78, 5) is 0. The first-order chi connectivity index (χ1) is 7.58. The van der Waals surface area contributed by atoms with Crippen molar-refractivity contribution in [3.63, 3.8) is 0 Å². The second kappa shape index (κ2) is 4.21. The van der Waals surface area contributed by atoms with Crippen molar-refractivity contribution in [2.75, 3.05) is 5.73 Å². The van der Waals surface area contributed by atoms with Gasteiger partial charge < -0.3 is 5.73 Å². The average Bonchev–Trinajstić information content (AvgIpc) is 2.54. The average molecular weight is 285 g/mol. The third-order valence-electron chi connectivity index (χ3n) is 2.35. The molecule has 6 heteroatoms. The Kier molecular flexibility index (Phi) is 2.91. The predicted octanol–water partition coefficient (Wildman–Crippen LogP) is 2.12. The minimum atomic E-state index is -0.275. The summed E-state index contributed by atoms with van der Waals surface area (Å²) in [6.45, 7) is 2.13. The number of anilines is 1. The number of rotatable bonds is 2. The molecule has 1 aromatic heterocycles. The molecule has 0 saturated heterocycles. The van der Waals surface area contributed by atoms with Crippen LogP contribution in [0.15, 0.2) is 22.7 Å². The molecular weight excluding hydrogens is 275 g/mol. The highest BCUT2D eigenvalue weighted by Crippen LogP contribution is 2.17. The molecule has 0 radical (unpaired) electrons. The van der Waals surface area contributed by atoms with Crippen LogP contribution in [0.4, 0.5) is 10.2 Å². The molecule has 16 heavy (non-hydrogen) atoms. The van der Waals surface area contributed by atoms with Crippen molar-refractivity contribution in [3.05, 3.63) is 39.7 Å². The number of nitrogens with zero attached hydrogens (tertiary/aromatic N) is 3. The van der Waals surface area contributed by atoms with Gasteiger partial charge in [-0.2, -0.15) is 0 Å². The molecule has 1 aromatic carbocycles. The lowest BCUT2D eigenvalue weighted by Gasteiger charge is -2.05. The van der Waals surface area contributed by atoms with Crippen molar-refractivity contribution < 1.29 is 4.39 Å². The van der Waals surface area contributed by atoms with Gasteiger partial charge in [0.2, 0.25) is 0 Å². The van der Waals surface area contributed by atoms with E-state index >= 15 is 0 Å². The van der Waals surface area contributed by atoms with E-state index in [4.69, 9.17) is 5.73 Å². The summed E-state index contributed by atoms with van der Waals surface area (Å²) in [5.74, 6) is 0.0976. The zero-order valence-electron chi connectivity index (χ0n) is 8.61. The first kappa shape index (κ1) is 11.1. The van der Waals surface area contributed by atoms with Gasteiger partial charge in [-0.25, -0.2) is 9.07 Å². The van der Waals surface area contributed by atoms with E-state index in [0.717, 1.165) is 5.69 Å². The van der Waals surface area contributed by atoms with Gasteiger partial charge in [0.15, 0.2) is 5.82 Å². The third-order valence-corrected chi connectivity index (χ3v) is 2.85. The van der Waals surface area contributed by atoms with E-state index < -0.39 is 0 Å². The van der Waals surface area contributed by atoms with Crippen molar-refractivity contribution in [2.45, 2.75) is 13.5 Å². The van der Waals surface area contributed by atoms with Crippen LogP contribution in [0.3, 0.4) is 0 Å². The molecule has 2 N–H and O–H groups in total. The molecule has 84 valence electrons. The molecule has 0 saturated carbocycles. The van der Waals surface area contributed by atoms with Gasteiger partial charge in [0.25, 0.3) is 0 Å². The fraction of sp³-hybridized carbons (Fsp3) is 0.200. The Morgan fingerprint density at radius 1 is 1.50 bits per heavy atom. The van der Waals surface area contributed by atoms with Crippen LogP contribution in [0, 0.1) is 12.7 Å². The Morgan fingerprint density at radius 3 is 2.81 bits per heavy atom. The highest BCUT2D eigenvalue weighted by molar-refractivity contribution is 9.10. The maximum Gasteiger partial charge on any atom is 0.168 e. The Labute approximate surface area is 100 Å². The van der Waals surface area contributed by atoms with E-state index in [0.29, 0.717) is 22.4 Å². The van der Waals surface area contributed by atoms with Gasteiger partial charge in [-0.15, -0.1) is 5.10 Å². The van der Waals surface area contributed by atoms with E-state index in [1.54, 1.807) is 23.7 Å². The smallest absolute Gasteiger partial charge is 0.168 e. The SMILES string of the molecule is Cc1c(N)nnn1Cc1ccc(Br)cc1F. The summed E-state index contributed by atoms with van der Waals surface area (Å²) in [7, 11) is 0. The number of nitrogens with two attached hydrogens (primary N) is 1. The molecule has 2 rings (SSSR count). The quantitative estimate of drug-likeness (QED) is 0.919. The van der Waals surface area contributed by atoms with Gasteiger partial charge in [0.05, 0.1) is 12.2 Å². The standard InChI is InChI=1S/C10H10BrFN4/c1-6-10(13)14-15-16(6)5-7-2-3-8(11)4-9(7)12/h2-4H,5,13H2,1H3. The monoisotopic (exact) mass is 284 g/mol. The summed E-state index contributed by atoms with van der Waals surface area (Å²) in [5.41, 5.74) is 6.85. The highest BCUT2D eigenvalue weighted by Gasteiger charge is 2.08. The van der Waals surface area contributed by atoms with Crippen LogP contribution in [-0.2, 0) is 6.54 Å². The molecule has 0 unspecified atom stereocenters. The largest absolute Gasteiger partial charge is 0.381 e. The Hall–Kier alpha value is -1.43. The molecule has 0 aliphatic rings. The van der Waals surface area contributed by atoms with E-state index in [1.165, 1.54) is 6.07 Å². The topological polar surface area (TPSA) is 56.7 Å². The minimum Gasteiger partial charge on any atom is -0.381 e. The molecule has 4 nitrogen and oxygen atoms in total. The molecule has 0 spiro atoms. The first-order valence-corrected chi connectivity index (χ1v) is 5.46. The van der Waals surface area contributed by atoms with Gasteiger partial charge in [0, 0.05) is 10.0 Å². The molecule has 0 aliphatic heterocycles. The number of nitrogen functional groups attached to an aromatic ring is 1. The fourth-order valence-corrected chi connectivity index (χ4v) is 1.67. The van der Waals surface area contributed by atoms with Crippen molar-refractivity contribution in [3.8, 4) is 0 Å². The summed E-state index contributed by atoms with van der Waals surface area (Å²) in [5, 5.41) is 7.56. The first-order valence-electron chi connectivity index (χ1n) is 4.67. The molecule has 0 atom stereocenters. The fourth-order valence-electron chi connectivity index (χ4n) is 1.34. The molecular formula is C10H10BrFN4. The van der Waals surface area contributed by atoms with Crippen LogP contribution >= 0.6 is 15.9 Å². The number of halogens is 2. The van der Waals surface area contributed by atoms with Gasteiger partial charge in [0.1, 0.15) is 5.82 Å². The molecule has 2 aromatic rings. The lowest BCUT2D eigenvalue weighted by Crippen LogP contribution is -2.06. The number of benzene rings is 1. The Balaban J connectivity index is 2.30. The van der Waals surface area contributed by atoms with Gasteiger partial charge >= 0.3 is 0 Å². The molecule has 0 bridgehead atoms. The molecule has 0 aliphatic carbocycles. The lowest BCUT2D eigenvalue weighted by molar-refractivity contribution is 0.570. The van der Waals surface area contributed by atoms with E-state index in [9.17, 15) is 4.39 Å². The summed E-state index contributed by atoms with van der Waals surface area (Å²) in [6, 6.07) is 4.91. The maximum atomic E-state index is 13.6. The van der Waals surface area contributed by atoms with Gasteiger partial charge in [-0.3, -0.25) is 0 Å². The van der Waals surface area contributed by atoms with Crippen LogP contribution in [0.1, 0.15) is 11.3 Å². The van der Waals surface area contributed by atoms with Crippen LogP contribution in [0.5, 0.6) is 0 Å². The van der Waals surface area contributed by atoms with Crippen LogP contribution in [0.2, 0.25) is 0 Å². The summed E-state index contributed by atoms with van der Waals surface area (Å²) < 4.78 is 15.8. The van der Waals surface area contributed by atoms with E-state index in [1.807, 2.05) is 0 Å². The molecule has 0 amide bonds. The normalized spacial score (nSPS) is 10.7. The minimum absolute atomic E-state index is 0.275. The van der Waals surface area contributed by atoms with Crippen LogP contribution in [0.25, 0.3) is 0 Å².